The smallest absolute Gasteiger partial charge is 0.0353 e. The fourth-order valence-electron chi connectivity index (χ4n) is 1.27. The SMILES string of the molecule is C=CCCCCCCCCC[O-]. The first-order valence-corrected chi connectivity index (χ1v) is 5.11. The van der Waals surface area contributed by atoms with Gasteiger partial charge in [0, 0.05) is 0 Å². The van der Waals surface area contributed by atoms with Crippen LogP contribution in [0, 0.1) is 0 Å². The molecule has 0 bridgehead atoms. The van der Waals surface area contributed by atoms with Crippen molar-refractivity contribution in [3.63, 3.8) is 0 Å². The predicted molar refractivity (Wildman–Crippen MR) is 52.0 cm³/mol. The average Bonchev–Trinajstić information content (AvgIpc) is 2.10. The van der Waals surface area contributed by atoms with Crippen LogP contribution in [-0.4, -0.2) is 6.61 Å². The number of unbranched alkanes of at least 4 members (excludes halogenated alkanes) is 7. The summed E-state index contributed by atoms with van der Waals surface area (Å²) in [6.07, 6.45) is 11.6. The van der Waals surface area contributed by atoms with Gasteiger partial charge in [-0.15, -0.1) is 13.2 Å². The lowest BCUT2D eigenvalue weighted by atomic mass is 10.1. The third-order valence-corrected chi connectivity index (χ3v) is 2.05. The molecule has 0 heterocycles. The van der Waals surface area contributed by atoms with Gasteiger partial charge >= 0.3 is 0 Å². The van der Waals surface area contributed by atoms with Crippen LogP contribution in [0.5, 0.6) is 0 Å². The first kappa shape index (κ1) is 11.7. The van der Waals surface area contributed by atoms with E-state index in [0.717, 1.165) is 19.3 Å². The topological polar surface area (TPSA) is 23.1 Å². The quantitative estimate of drug-likeness (QED) is 0.384. The molecule has 0 N–H and O–H groups in total. The minimum atomic E-state index is 0.108. The van der Waals surface area contributed by atoms with E-state index >= 15 is 0 Å². The molecule has 0 aliphatic rings. The van der Waals surface area contributed by atoms with Gasteiger partial charge in [-0.1, -0.05) is 44.6 Å². The van der Waals surface area contributed by atoms with Crippen molar-refractivity contribution in [2.75, 3.05) is 6.61 Å². The Hall–Kier alpha value is -0.300. The zero-order valence-electron chi connectivity index (χ0n) is 8.06. The van der Waals surface area contributed by atoms with E-state index in [4.69, 9.17) is 0 Å². The summed E-state index contributed by atoms with van der Waals surface area (Å²) in [5.41, 5.74) is 0. The molecule has 0 aliphatic heterocycles. The van der Waals surface area contributed by atoms with E-state index in [0.29, 0.717) is 0 Å². The predicted octanol–water partition coefficient (Wildman–Crippen LogP) is 2.65. The van der Waals surface area contributed by atoms with Crippen LogP contribution in [0.4, 0.5) is 0 Å². The molecule has 0 rings (SSSR count). The normalized spacial score (nSPS) is 10.1. The van der Waals surface area contributed by atoms with Crippen molar-refractivity contribution in [1.29, 1.82) is 0 Å². The Morgan fingerprint density at radius 1 is 0.833 bits per heavy atom. The lowest BCUT2D eigenvalue weighted by Crippen LogP contribution is -2.04. The van der Waals surface area contributed by atoms with E-state index in [1.807, 2.05) is 6.08 Å². The Labute approximate surface area is 76.5 Å². The molecule has 0 aromatic carbocycles. The summed E-state index contributed by atoms with van der Waals surface area (Å²) in [6.45, 7) is 3.79. The van der Waals surface area contributed by atoms with Gasteiger partial charge in [-0.3, -0.25) is 0 Å². The van der Waals surface area contributed by atoms with Crippen molar-refractivity contribution >= 4 is 0 Å². The highest BCUT2D eigenvalue weighted by atomic mass is 16.2. The molecule has 72 valence electrons. The molecule has 1 heteroatoms. The fraction of sp³-hybridized carbons (Fsp3) is 0.818. The van der Waals surface area contributed by atoms with Crippen LogP contribution in [0.1, 0.15) is 51.4 Å². The van der Waals surface area contributed by atoms with E-state index in [2.05, 4.69) is 6.58 Å². The number of allylic oxidation sites excluding steroid dienone is 1. The lowest BCUT2D eigenvalue weighted by molar-refractivity contribution is -0.368. The van der Waals surface area contributed by atoms with Gasteiger partial charge in [-0.25, -0.2) is 0 Å². The molecular weight excluding hydrogens is 148 g/mol. The minimum absolute atomic E-state index is 0.108. The zero-order valence-corrected chi connectivity index (χ0v) is 8.06. The van der Waals surface area contributed by atoms with Crippen LogP contribution in [-0.2, 0) is 0 Å². The van der Waals surface area contributed by atoms with Gasteiger partial charge in [0.05, 0.1) is 0 Å². The maximum atomic E-state index is 10.1. The van der Waals surface area contributed by atoms with Gasteiger partial charge in [-0.05, 0) is 12.8 Å². The first-order valence-electron chi connectivity index (χ1n) is 5.11. The largest absolute Gasteiger partial charge is 0.854 e. The second kappa shape index (κ2) is 10.7. The summed E-state index contributed by atoms with van der Waals surface area (Å²) in [5.74, 6) is 0. The van der Waals surface area contributed by atoms with Crippen LogP contribution in [0.25, 0.3) is 0 Å². The lowest BCUT2D eigenvalue weighted by Gasteiger charge is -2.02. The third-order valence-electron chi connectivity index (χ3n) is 2.05. The van der Waals surface area contributed by atoms with Crippen LogP contribution in [0.15, 0.2) is 12.7 Å². The average molecular weight is 169 g/mol. The van der Waals surface area contributed by atoms with Gasteiger partial charge in [0.25, 0.3) is 0 Å². The Bertz CT molecular complexity index is 89.0. The van der Waals surface area contributed by atoms with E-state index in [-0.39, 0.29) is 6.61 Å². The molecular formula is C11H21O-. The highest BCUT2D eigenvalue weighted by Gasteiger charge is 1.88. The van der Waals surface area contributed by atoms with E-state index in [9.17, 15) is 5.11 Å². The number of hydrogen-bond acceptors (Lipinski definition) is 1. The summed E-state index contributed by atoms with van der Waals surface area (Å²) in [4.78, 5) is 0. The van der Waals surface area contributed by atoms with Gasteiger partial charge in [-0.2, -0.15) is 0 Å². The van der Waals surface area contributed by atoms with E-state index in [1.165, 1.54) is 32.1 Å². The number of rotatable bonds is 9. The Morgan fingerprint density at radius 2 is 1.33 bits per heavy atom. The molecule has 0 aliphatic carbocycles. The van der Waals surface area contributed by atoms with Crippen molar-refractivity contribution in [2.24, 2.45) is 0 Å². The van der Waals surface area contributed by atoms with Crippen LogP contribution in [0.2, 0.25) is 0 Å². The van der Waals surface area contributed by atoms with Crippen molar-refractivity contribution in [2.45, 2.75) is 51.4 Å². The monoisotopic (exact) mass is 169 g/mol. The summed E-state index contributed by atoms with van der Waals surface area (Å²) in [7, 11) is 0. The molecule has 0 aromatic rings. The van der Waals surface area contributed by atoms with Gasteiger partial charge < -0.3 is 5.11 Å². The Kier molecular flexibility index (Phi) is 10.4. The second-order valence-corrected chi connectivity index (χ2v) is 3.26. The standard InChI is InChI=1S/C11H21O/c1-2-3-4-5-6-7-8-9-10-11-12/h2H,1,3-11H2/q-1. The minimum Gasteiger partial charge on any atom is -0.854 e. The van der Waals surface area contributed by atoms with Crippen LogP contribution < -0.4 is 5.11 Å². The molecule has 0 saturated heterocycles. The molecule has 0 radical (unpaired) electrons. The summed E-state index contributed by atoms with van der Waals surface area (Å²) in [5, 5.41) is 10.1. The first-order chi connectivity index (χ1) is 5.91. The van der Waals surface area contributed by atoms with Gasteiger partial charge in [0.15, 0.2) is 0 Å². The molecule has 0 saturated carbocycles. The molecule has 0 aromatic heterocycles. The molecule has 0 spiro atoms. The van der Waals surface area contributed by atoms with Crippen molar-refractivity contribution in [3.05, 3.63) is 12.7 Å². The third kappa shape index (κ3) is 9.70. The summed E-state index contributed by atoms with van der Waals surface area (Å²) >= 11 is 0. The number of hydrogen-bond donors (Lipinski definition) is 0. The summed E-state index contributed by atoms with van der Waals surface area (Å²) in [6, 6.07) is 0. The maximum Gasteiger partial charge on any atom is -0.0353 e. The Balaban J connectivity index is 2.77. The van der Waals surface area contributed by atoms with Crippen LogP contribution >= 0.6 is 0 Å². The van der Waals surface area contributed by atoms with Crippen LogP contribution in [0.3, 0.4) is 0 Å². The molecule has 0 fully saturated rings. The van der Waals surface area contributed by atoms with Gasteiger partial charge in [0.2, 0.25) is 0 Å². The highest BCUT2D eigenvalue weighted by molar-refractivity contribution is 4.65. The van der Waals surface area contributed by atoms with E-state index < -0.39 is 0 Å². The van der Waals surface area contributed by atoms with E-state index in [1.54, 1.807) is 0 Å². The molecule has 0 unspecified atom stereocenters. The van der Waals surface area contributed by atoms with Crippen molar-refractivity contribution in [3.8, 4) is 0 Å². The molecule has 1 nitrogen and oxygen atoms in total. The molecule has 0 atom stereocenters. The Morgan fingerprint density at radius 3 is 1.83 bits per heavy atom. The highest BCUT2D eigenvalue weighted by Crippen LogP contribution is 2.07. The second-order valence-electron chi connectivity index (χ2n) is 3.26. The van der Waals surface area contributed by atoms with Crippen molar-refractivity contribution < 1.29 is 5.11 Å². The molecule has 0 amide bonds. The maximum absolute atomic E-state index is 10.1. The molecule has 12 heavy (non-hydrogen) atoms. The van der Waals surface area contributed by atoms with Crippen molar-refractivity contribution in [1.82, 2.24) is 0 Å². The fourth-order valence-corrected chi connectivity index (χ4v) is 1.27. The zero-order chi connectivity index (χ0) is 9.07. The van der Waals surface area contributed by atoms with Gasteiger partial charge in [0.1, 0.15) is 0 Å². The summed E-state index contributed by atoms with van der Waals surface area (Å²) < 4.78 is 0.